The zero-order chi connectivity index (χ0) is 59.2. The highest BCUT2D eigenvalue weighted by atomic mass is 16.6. The van der Waals surface area contributed by atoms with Gasteiger partial charge in [-0.1, -0.05) is 357 Å². The Morgan fingerprint density at radius 1 is 0.256 bits per heavy atom. The summed E-state index contributed by atoms with van der Waals surface area (Å²) in [6, 6.07) is 0. The molecule has 0 aliphatic heterocycles. The van der Waals surface area contributed by atoms with E-state index in [1.54, 1.807) is 0 Å². The van der Waals surface area contributed by atoms with Crippen molar-refractivity contribution >= 4 is 17.9 Å². The molecule has 0 bridgehead atoms. The topological polar surface area (TPSA) is 78.9 Å². The molecular formula is C76H136O6. The summed E-state index contributed by atoms with van der Waals surface area (Å²) in [4.78, 5) is 38.1. The fraction of sp³-hybridized carbons (Fsp3) is 0.803. The van der Waals surface area contributed by atoms with Crippen LogP contribution in [0.3, 0.4) is 0 Å². The van der Waals surface area contributed by atoms with Gasteiger partial charge in [0.1, 0.15) is 13.2 Å². The molecule has 0 aliphatic carbocycles. The SMILES string of the molecule is CC/C=C\C/C=C\C/C=C\C/C=C\C/C=C\C/C=C\CCCCCCCCCCCCC(=O)OCC(COC(=O)CCCCCCCC)OC(=O)CCCCCCCCCCCCCCCCCCCCCCCCCCCCCCC. The minimum atomic E-state index is -0.773. The molecule has 0 heterocycles. The summed E-state index contributed by atoms with van der Waals surface area (Å²) in [6.07, 6.45) is 92.7. The summed E-state index contributed by atoms with van der Waals surface area (Å²) in [5.41, 5.74) is 0. The standard InChI is InChI=1S/C76H136O6/c1-4-7-10-13-16-18-20-22-24-26-28-30-32-34-36-38-40-42-44-46-48-50-52-54-56-58-60-63-66-69-75(78)81-72-73(71-80-74(77)68-65-62-15-12-9-6-3)82-76(79)70-67-64-61-59-57-55-53-51-49-47-45-43-41-39-37-35-33-31-29-27-25-23-21-19-17-14-11-8-5-2/h7,10,16,18,22,24,28,30,34,36,40,42,73H,4-6,8-9,11-15,17,19-21,23,25-27,29,31-33,35,37-39,41,43-72H2,1-3H3/b10-7-,18-16-,24-22-,30-28-,36-34-,42-40-. The van der Waals surface area contributed by atoms with Crippen LogP contribution >= 0.6 is 0 Å². The second-order valence-corrected chi connectivity index (χ2v) is 24.1. The highest BCUT2D eigenvalue weighted by Crippen LogP contribution is 2.18. The number of hydrogen-bond acceptors (Lipinski definition) is 6. The van der Waals surface area contributed by atoms with Crippen molar-refractivity contribution in [1.82, 2.24) is 0 Å². The zero-order valence-electron chi connectivity index (χ0n) is 54.8. The fourth-order valence-corrected chi connectivity index (χ4v) is 10.6. The monoisotopic (exact) mass is 1150 g/mol. The van der Waals surface area contributed by atoms with E-state index in [4.69, 9.17) is 14.2 Å². The first kappa shape index (κ1) is 78.8. The maximum atomic E-state index is 12.9. The average Bonchev–Trinajstić information content (AvgIpc) is 3.47. The predicted octanol–water partition coefficient (Wildman–Crippen LogP) is 24.8. The molecule has 476 valence electrons. The van der Waals surface area contributed by atoms with Gasteiger partial charge < -0.3 is 14.2 Å². The molecule has 0 spiro atoms. The predicted molar refractivity (Wildman–Crippen MR) is 358 cm³/mol. The molecule has 0 aromatic heterocycles. The number of unbranched alkanes of at least 4 members (excludes halogenated alkanes) is 43. The lowest BCUT2D eigenvalue weighted by atomic mass is 10.0. The molecule has 0 rings (SSSR count). The first-order valence-corrected chi connectivity index (χ1v) is 35.9. The van der Waals surface area contributed by atoms with Crippen LogP contribution < -0.4 is 0 Å². The Kier molecular flexibility index (Phi) is 67.6. The van der Waals surface area contributed by atoms with Crippen molar-refractivity contribution in [3.8, 4) is 0 Å². The second kappa shape index (κ2) is 70.3. The summed E-state index contributed by atoms with van der Waals surface area (Å²) < 4.78 is 16.9. The number of hydrogen-bond donors (Lipinski definition) is 0. The normalized spacial score (nSPS) is 12.5. The molecule has 1 atom stereocenters. The molecule has 82 heavy (non-hydrogen) atoms. The number of ether oxygens (including phenoxy) is 3. The van der Waals surface area contributed by atoms with Crippen LogP contribution in [0.1, 0.15) is 374 Å². The third-order valence-electron chi connectivity index (χ3n) is 16.0. The Morgan fingerprint density at radius 3 is 0.744 bits per heavy atom. The first-order valence-electron chi connectivity index (χ1n) is 35.9. The molecule has 0 N–H and O–H groups in total. The lowest BCUT2D eigenvalue weighted by Crippen LogP contribution is -2.30. The molecule has 0 aromatic carbocycles. The van der Waals surface area contributed by atoms with Gasteiger partial charge in [0.15, 0.2) is 6.10 Å². The van der Waals surface area contributed by atoms with Gasteiger partial charge in [-0.2, -0.15) is 0 Å². The van der Waals surface area contributed by atoms with E-state index in [9.17, 15) is 14.4 Å². The Labute approximate surface area is 510 Å². The van der Waals surface area contributed by atoms with Gasteiger partial charge in [-0.3, -0.25) is 14.4 Å². The van der Waals surface area contributed by atoms with Gasteiger partial charge in [0.25, 0.3) is 0 Å². The summed E-state index contributed by atoms with van der Waals surface area (Å²) in [6.45, 7) is 6.52. The van der Waals surface area contributed by atoms with Gasteiger partial charge in [-0.25, -0.2) is 0 Å². The van der Waals surface area contributed by atoms with Crippen molar-refractivity contribution in [2.24, 2.45) is 0 Å². The molecule has 6 heteroatoms. The Bertz CT molecular complexity index is 1500. The molecule has 0 saturated heterocycles. The number of carbonyl (C=O) groups is 3. The van der Waals surface area contributed by atoms with E-state index >= 15 is 0 Å². The van der Waals surface area contributed by atoms with E-state index in [0.29, 0.717) is 19.3 Å². The zero-order valence-corrected chi connectivity index (χ0v) is 54.8. The van der Waals surface area contributed by atoms with Gasteiger partial charge in [-0.05, 0) is 70.6 Å². The Balaban J connectivity index is 4.01. The largest absolute Gasteiger partial charge is 0.462 e. The third-order valence-corrected chi connectivity index (χ3v) is 16.0. The minimum absolute atomic E-state index is 0.0727. The molecule has 0 fully saturated rings. The van der Waals surface area contributed by atoms with E-state index in [2.05, 4.69) is 93.7 Å². The maximum absolute atomic E-state index is 12.9. The van der Waals surface area contributed by atoms with E-state index in [-0.39, 0.29) is 31.1 Å². The summed E-state index contributed by atoms with van der Waals surface area (Å²) >= 11 is 0. The van der Waals surface area contributed by atoms with Crippen LogP contribution in [0, 0.1) is 0 Å². The van der Waals surface area contributed by atoms with Gasteiger partial charge in [-0.15, -0.1) is 0 Å². The molecule has 0 radical (unpaired) electrons. The van der Waals surface area contributed by atoms with Crippen molar-refractivity contribution in [2.45, 2.75) is 380 Å². The van der Waals surface area contributed by atoms with Crippen LogP contribution in [-0.4, -0.2) is 37.2 Å². The molecular weight excluding hydrogens is 1010 g/mol. The van der Waals surface area contributed by atoms with Gasteiger partial charge in [0.05, 0.1) is 0 Å². The molecule has 0 aromatic rings. The fourth-order valence-electron chi connectivity index (χ4n) is 10.6. The van der Waals surface area contributed by atoms with Crippen molar-refractivity contribution in [3.05, 3.63) is 72.9 Å². The summed E-state index contributed by atoms with van der Waals surface area (Å²) in [5.74, 6) is -0.867. The molecule has 0 saturated carbocycles. The van der Waals surface area contributed by atoms with Crippen molar-refractivity contribution in [3.63, 3.8) is 0 Å². The average molecular weight is 1150 g/mol. The maximum Gasteiger partial charge on any atom is 0.306 e. The van der Waals surface area contributed by atoms with Crippen LogP contribution in [0.15, 0.2) is 72.9 Å². The molecule has 1 unspecified atom stereocenters. The second-order valence-electron chi connectivity index (χ2n) is 24.1. The van der Waals surface area contributed by atoms with Crippen molar-refractivity contribution in [1.29, 1.82) is 0 Å². The van der Waals surface area contributed by atoms with Gasteiger partial charge in [0.2, 0.25) is 0 Å². The lowest BCUT2D eigenvalue weighted by Gasteiger charge is -2.18. The van der Waals surface area contributed by atoms with Gasteiger partial charge in [0, 0.05) is 19.3 Å². The van der Waals surface area contributed by atoms with Crippen LogP contribution in [0.4, 0.5) is 0 Å². The summed E-state index contributed by atoms with van der Waals surface area (Å²) in [7, 11) is 0. The molecule has 0 amide bonds. The number of carbonyl (C=O) groups excluding carboxylic acids is 3. The number of esters is 3. The van der Waals surface area contributed by atoms with Gasteiger partial charge >= 0.3 is 17.9 Å². The molecule has 0 aliphatic rings. The van der Waals surface area contributed by atoms with Crippen molar-refractivity contribution < 1.29 is 28.6 Å². The van der Waals surface area contributed by atoms with Crippen LogP contribution in [0.5, 0.6) is 0 Å². The lowest BCUT2D eigenvalue weighted by molar-refractivity contribution is -0.167. The van der Waals surface area contributed by atoms with Crippen molar-refractivity contribution in [2.75, 3.05) is 13.2 Å². The quantitative estimate of drug-likeness (QED) is 0.0261. The number of rotatable bonds is 66. The van der Waals surface area contributed by atoms with E-state index in [1.165, 1.54) is 238 Å². The highest BCUT2D eigenvalue weighted by Gasteiger charge is 2.19. The highest BCUT2D eigenvalue weighted by molar-refractivity contribution is 5.71. The Hall–Kier alpha value is -3.15. The van der Waals surface area contributed by atoms with E-state index in [1.807, 2.05) is 0 Å². The smallest absolute Gasteiger partial charge is 0.306 e. The van der Waals surface area contributed by atoms with E-state index in [0.717, 1.165) is 96.3 Å². The van der Waals surface area contributed by atoms with E-state index < -0.39 is 6.10 Å². The number of allylic oxidation sites excluding steroid dienone is 12. The van der Waals surface area contributed by atoms with Crippen LogP contribution in [-0.2, 0) is 28.6 Å². The summed E-state index contributed by atoms with van der Waals surface area (Å²) in [5, 5.41) is 0. The van der Waals surface area contributed by atoms with Crippen LogP contribution in [0.25, 0.3) is 0 Å². The molecule has 6 nitrogen and oxygen atoms in total. The Morgan fingerprint density at radius 2 is 0.476 bits per heavy atom. The minimum Gasteiger partial charge on any atom is -0.462 e. The first-order chi connectivity index (χ1) is 40.5. The van der Waals surface area contributed by atoms with Crippen LogP contribution in [0.2, 0.25) is 0 Å². The third kappa shape index (κ3) is 67.6.